The lowest BCUT2D eigenvalue weighted by Crippen LogP contribution is -2.44. The van der Waals surface area contributed by atoms with E-state index in [9.17, 15) is 9.59 Å². The van der Waals surface area contributed by atoms with Crippen molar-refractivity contribution < 1.29 is 4.79 Å². The van der Waals surface area contributed by atoms with Crippen LogP contribution in [0.2, 0.25) is 0 Å². The fourth-order valence-electron chi connectivity index (χ4n) is 4.43. The SMILES string of the molecule is C=CC(=O)Cc1cccc(-n2c(=O)cnc3cnc(Cc4ccc(N5CCN(C)CC5)cc4)nc32)c1. The molecular weight excluding hydrogens is 452 g/mol. The second-order valence-corrected chi connectivity index (χ2v) is 9.08. The summed E-state index contributed by atoms with van der Waals surface area (Å²) in [7, 11) is 2.15. The van der Waals surface area contributed by atoms with Crippen LogP contribution in [-0.2, 0) is 17.6 Å². The molecule has 2 aromatic heterocycles. The molecule has 36 heavy (non-hydrogen) atoms. The number of hydrogen-bond acceptors (Lipinski definition) is 7. The summed E-state index contributed by atoms with van der Waals surface area (Å²) in [6, 6.07) is 15.8. The van der Waals surface area contributed by atoms with Crippen molar-refractivity contribution in [2.24, 2.45) is 0 Å². The molecule has 0 bridgehead atoms. The molecule has 182 valence electrons. The number of rotatable bonds is 7. The Morgan fingerprint density at radius 2 is 1.75 bits per heavy atom. The zero-order valence-corrected chi connectivity index (χ0v) is 20.3. The van der Waals surface area contributed by atoms with Crippen molar-refractivity contribution in [2.75, 3.05) is 38.1 Å². The van der Waals surface area contributed by atoms with Crippen molar-refractivity contribution in [1.29, 1.82) is 0 Å². The van der Waals surface area contributed by atoms with Gasteiger partial charge in [-0.05, 0) is 48.5 Å². The molecule has 0 aliphatic carbocycles. The predicted octanol–water partition coefficient (Wildman–Crippen LogP) is 2.82. The molecule has 2 aromatic carbocycles. The van der Waals surface area contributed by atoms with Gasteiger partial charge in [0, 0.05) is 44.7 Å². The van der Waals surface area contributed by atoms with Crippen LogP contribution in [0.3, 0.4) is 0 Å². The zero-order chi connectivity index (χ0) is 25.1. The Morgan fingerprint density at radius 1 is 0.972 bits per heavy atom. The molecule has 1 saturated heterocycles. The number of nitrogens with zero attached hydrogens (tertiary/aromatic N) is 6. The highest BCUT2D eigenvalue weighted by atomic mass is 16.1. The monoisotopic (exact) mass is 480 g/mol. The zero-order valence-electron chi connectivity index (χ0n) is 20.3. The van der Waals surface area contributed by atoms with Gasteiger partial charge in [0.25, 0.3) is 5.56 Å². The number of aromatic nitrogens is 4. The van der Waals surface area contributed by atoms with E-state index in [4.69, 9.17) is 4.98 Å². The summed E-state index contributed by atoms with van der Waals surface area (Å²) in [4.78, 5) is 42.9. The second-order valence-electron chi connectivity index (χ2n) is 9.08. The minimum atomic E-state index is -0.295. The van der Waals surface area contributed by atoms with Crippen LogP contribution >= 0.6 is 0 Å². The number of benzene rings is 2. The highest BCUT2D eigenvalue weighted by Gasteiger charge is 2.15. The third kappa shape index (κ3) is 5.08. The number of allylic oxidation sites excluding steroid dienone is 1. The first-order valence-electron chi connectivity index (χ1n) is 12.0. The molecule has 5 rings (SSSR count). The summed E-state index contributed by atoms with van der Waals surface area (Å²) in [5.74, 6) is 0.524. The number of likely N-dealkylation sites (N-methyl/N-ethyl adjacent to an activating group) is 1. The number of anilines is 1. The summed E-state index contributed by atoms with van der Waals surface area (Å²) in [6.45, 7) is 7.71. The van der Waals surface area contributed by atoms with E-state index in [2.05, 4.69) is 57.7 Å². The maximum atomic E-state index is 12.9. The van der Waals surface area contributed by atoms with Crippen LogP contribution in [0.4, 0.5) is 5.69 Å². The predicted molar refractivity (Wildman–Crippen MR) is 141 cm³/mol. The number of hydrogen-bond donors (Lipinski definition) is 0. The first-order valence-corrected chi connectivity index (χ1v) is 12.0. The lowest BCUT2D eigenvalue weighted by atomic mass is 10.1. The summed E-state index contributed by atoms with van der Waals surface area (Å²) in [5.41, 5.74) is 4.40. The van der Waals surface area contributed by atoms with E-state index in [0.717, 1.165) is 37.3 Å². The van der Waals surface area contributed by atoms with Gasteiger partial charge < -0.3 is 9.80 Å². The van der Waals surface area contributed by atoms with Crippen LogP contribution in [0.1, 0.15) is 17.0 Å². The van der Waals surface area contributed by atoms with Crippen LogP contribution in [0, 0.1) is 0 Å². The lowest BCUT2D eigenvalue weighted by molar-refractivity contribution is -0.114. The third-order valence-electron chi connectivity index (χ3n) is 6.49. The summed E-state index contributed by atoms with van der Waals surface area (Å²) in [6.07, 6.45) is 4.98. The summed E-state index contributed by atoms with van der Waals surface area (Å²) in [5, 5.41) is 0. The molecule has 8 heteroatoms. The van der Waals surface area contributed by atoms with Crippen molar-refractivity contribution in [3.63, 3.8) is 0 Å². The number of fused-ring (bicyclic) bond motifs is 1. The van der Waals surface area contributed by atoms with Gasteiger partial charge in [-0.15, -0.1) is 0 Å². The molecule has 1 aliphatic rings. The number of piperazine rings is 1. The van der Waals surface area contributed by atoms with E-state index in [1.165, 1.54) is 22.5 Å². The third-order valence-corrected chi connectivity index (χ3v) is 6.49. The standard InChI is InChI=1S/C28H28N6O2/c1-3-24(35)16-21-5-4-6-23(15-21)34-27(36)19-29-25-18-30-26(31-28(25)34)17-20-7-9-22(10-8-20)33-13-11-32(2)12-14-33/h3-10,15,18-19H,1,11-14,16-17H2,2H3. The highest BCUT2D eigenvalue weighted by Crippen LogP contribution is 2.19. The van der Waals surface area contributed by atoms with Gasteiger partial charge in [-0.3, -0.25) is 14.2 Å². The van der Waals surface area contributed by atoms with Gasteiger partial charge in [-0.25, -0.2) is 15.0 Å². The molecule has 0 amide bonds. The molecule has 0 radical (unpaired) electrons. The maximum absolute atomic E-state index is 12.9. The largest absolute Gasteiger partial charge is 0.369 e. The van der Waals surface area contributed by atoms with Gasteiger partial charge >= 0.3 is 0 Å². The molecule has 0 atom stereocenters. The van der Waals surface area contributed by atoms with E-state index in [0.29, 0.717) is 29.1 Å². The molecule has 8 nitrogen and oxygen atoms in total. The quantitative estimate of drug-likeness (QED) is 0.376. The second kappa shape index (κ2) is 10.2. The average molecular weight is 481 g/mol. The van der Waals surface area contributed by atoms with Crippen LogP contribution in [-0.4, -0.2) is 63.4 Å². The maximum Gasteiger partial charge on any atom is 0.275 e. The molecule has 0 unspecified atom stereocenters. The fraction of sp³-hybridized carbons (Fsp3) is 0.250. The van der Waals surface area contributed by atoms with Gasteiger partial charge in [0.1, 0.15) is 11.3 Å². The Kier molecular flexibility index (Phi) is 6.69. The van der Waals surface area contributed by atoms with Gasteiger partial charge in [-0.1, -0.05) is 30.8 Å². The van der Waals surface area contributed by atoms with Crippen molar-refractivity contribution >= 4 is 22.6 Å². The topological polar surface area (TPSA) is 84.2 Å². The average Bonchev–Trinajstić information content (AvgIpc) is 2.89. The Labute approximate surface area is 209 Å². The van der Waals surface area contributed by atoms with Crippen LogP contribution in [0.5, 0.6) is 0 Å². The summed E-state index contributed by atoms with van der Waals surface area (Å²) < 4.78 is 1.52. The number of carbonyl (C=O) groups is 1. The van der Waals surface area contributed by atoms with Gasteiger partial charge in [0.15, 0.2) is 11.4 Å². The van der Waals surface area contributed by atoms with Crippen molar-refractivity contribution in [1.82, 2.24) is 24.4 Å². The van der Waals surface area contributed by atoms with Crippen LogP contribution in [0.15, 0.2) is 78.4 Å². The first kappa shape index (κ1) is 23.6. The van der Waals surface area contributed by atoms with E-state index < -0.39 is 0 Å². The molecule has 4 aromatic rings. The Balaban J connectivity index is 1.43. The van der Waals surface area contributed by atoms with E-state index in [1.807, 2.05) is 24.3 Å². The molecular formula is C28H28N6O2. The van der Waals surface area contributed by atoms with Gasteiger partial charge in [-0.2, -0.15) is 0 Å². The summed E-state index contributed by atoms with van der Waals surface area (Å²) >= 11 is 0. The Morgan fingerprint density at radius 3 is 2.50 bits per heavy atom. The van der Waals surface area contributed by atoms with Gasteiger partial charge in [0.05, 0.1) is 18.1 Å². The first-order chi connectivity index (χ1) is 17.5. The minimum Gasteiger partial charge on any atom is -0.369 e. The Hall–Kier alpha value is -4.17. The number of carbonyl (C=O) groups excluding carboxylic acids is 1. The molecule has 0 spiro atoms. The Bertz CT molecular complexity index is 1470. The van der Waals surface area contributed by atoms with Gasteiger partial charge in [0.2, 0.25) is 0 Å². The molecule has 1 fully saturated rings. The van der Waals surface area contributed by atoms with Crippen LogP contribution in [0.25, 0.3) is 16.9 Å². The number of ketones is 1. The minimum absolute atomic E-state index is 0.0812. The highest BCUT2D eigenvalue weighted by molar-refractivity contribution is 5.90. The van der Waals surface area contributed by atoms with E-state index in [-0.39, 0.29) is 17.8 Å². The van der Waals surface area contributed by atoms with Crippen molar-refractivity contribution in [2.45, 2.75) is 12.8 Å². The molecule has 0 N–H and O–H groups in total. The lowest BCUT2D eigenvalue weighted by Gasteiger charge is -2.34. The van der Waals surface area contributed by atoms with E-state index in [1.54, 1.807) is 6.20 Å². The van der Waals surface area contributed by atoms with Crippen molar-refractivity contribution in [3.8, 4) is 5.69 Å². The fourth-order valence-corrected chi connectivity index (χ4v) is 4.43. The normalized spacial score (nSPS) is 14.2. The van der Waals surface area contributed by atoms with E-state index >= 15 is 0 Å². The molecule has 0 saturated carbocycles. The molecule has 3 heterocycles. The van der Waals surface area contributed by atoms with Crippen LogP contribution < -0.4 is 10.5 Å². The molecule has 1 aliphatic heterocycles. The van der Waals surface area contributed by atoms with Crippen molar-refractivity contribution in [3.05, 3.63) is 101 Å². The smallest absolute Gasteiger partial charge is 0.275 e.